The van der Waals surface area contributed by atoms with Crippen LogP contribution in [0.3, 0.4) is 0 Å². The highest BCUT2D eigenvalue weighted by molar-refractivity contribution is 6.03. The normalized spacial score (nSPS) is 10.6. The van der Waals surface area contributed by atoms with Crippen LogP contribution in [0.25, 0.3) is 11.3 Å². The summed E-state index contributed by atoms with van der Waals surface area (Å²) in [4.78, 5) is 23.6. The van der Waals surface area contributed by atoms with Crippen LogP contribution in [0, 0.1) is 29.8 Å². The molecule has 4 rings (SSSR count). The van der Waals surface area contributed by atoms with Crippen molar-refractivity contribution >= 4 is 17.3 Å². The maximum Gasteiger partial charge on any atom is 0.275 e. The van der Waals surface area contributed by atoms with Crippen LogP contribution in [0.4, 0.5) is 15.8 Å². The van der Waals surface area contributed by atoms with Crippen molar-refractivity contribution in [1.82, 2.24) is 10.2 Å². The summed E-state index contributed by atoms with van der Waals surface area (Å²) in [6, 6.07) is 16.9. The summed E-state index contributed by atoms with van der Waals surface area (Å²) in [5.74, 6) is -0.152. The molecule has 0 aliphatic heterocycles. The number of hydrogen-bond acceptors (Lipinski definition) is 5. The summed E-state index contributed by atoms with van der Waals surface area (Å²) >= 11 is 0. The van der Waals surface area contributed by atoms with Crippen LogP contribution in [0.2, 0.25) is 0 Å². The molecule has 0 radical (unpaired) electrons. The van der Waals surface area contributed by atoms with Gasteiger partial charge in [0.05, 0.1) is 22.4 Å². The molecule has 2 N–H and O–H groups in total. The number of benzene rings is 3. The van der Waals surface area contributed by atoms with E-state index in [0.717, 1.165) is 11.1 Å². The standard InChI is InChI=1S/C24H19FN4O4/c1-14-3-4-15(2)23(9-14)33-20-11-18(10-19(12-20)29(31)32)26-24(30)22-13-21(27-28-22)16-5-7-17(25)8-6-16/h3-13H,1-2H3,(H,26,30)(H,27,28). The number of hydrogen-bond donors (Lipinski definition) is 2. The van der Waals surface area contributed by atoms with E-state index >= 15 is 0 Å². The Bertz CT molecular complexity index is 1350. The third kappa shape index (κ3) is 5.04. The smallest absolute Gasteiger partial charge is 0.275 e. The number of amides is 1. The molecular weight excluding hydrogens is 427 g/mol. The molecule has 33 heavy (non-hydrogen) atoms. The number of aromatic nitrogens is 2. The van der Waals surface area contributed by atoms with E-state index in [4.69, 9.17) is 4.74 Å². The molecule has 0 spiro atoms. The summed E-state index contributed by atoms with van der Waals surface area (Å²) in [7, 11) is 0. The van der Waals surface area contributed by atoms with Crippen molar-refractivity contribution in [2.45, 2.75) is 13.8 Å². The van der Waals surface area contributed by atoms with Gasteiger partial charge in [0.2, 0.25) is 0 Å². The Kier molecular flexibility index (Phi) is 5.86. The number of nitrogens with one attached hydrogen (secondary N) is 2. The minimum Gasteiger partial charge on any atom is -0.457 e. The number of aryl methyl sites for hydroxylation is 2. The van der Waals surface area contributed by atoms with E-state index in [-0.39, 0.29) is 28.6 Å². The van der Waals surface area contributed by atoms with Crippen molar-refractivity contribution in [1.29, 1.82) is 0 Å². The van der Waals surface area contributed by atoms with Crippen LogP contribution < -0.4 is 10.1 Å². The van der Waals surface area contributed by atoms with Crippen LogP contribution in [0.15, 0.2) is 66.7 Å². The number of halogens is 1. The maximum absolute atomic E-state index is 13.1. The first-order chi connectivity index (χ1) is 15.8. The van der Waals surface area contributed by atoms with Gasteiger partial charge in [0.25, 0.3) is 11.6 Å². The zero-order chi connectivity index (χ0) is 23.5. The Morgan fingerprint density at radius 2 is 1.82 bits per heavy atom. The number of carbonyl (C=O) groups excluding carboxylic acids is 1. The highest BCUT2D eigenvalue weighted by Crippen LogP contribution is 2.32. The number of aromatic amines is 1. The van der Waals surface area contributed by atoms with E-state index in [2.05, 4.69) is 15.5 Å². The number of rotatable bonds is 6. The fourth-order valence-corrected chi connectivity index (χ4v) is 3.17. The highest BCUT2D eigenvalue weighted by atomic mass is 19.1. The summed E-state index contributed by atoms with van der Waals surface area (Å²) in [5.41, 5.74) is 3.02. The molecule has 0 aliphatic carbocycles. The average Bonchev–Trinajstić information content (AvgIpc) is 3.27. The first-order valence-corrected chi connectivity index (χ1v) is 9.96. The third-order valence-electron chi connectivity index (χ3n) is 4.89. The van der Waals surface area contributed by atoms with Crippen LogP contribution in [-0.4, -0.2) is 21.0 Å². The molecule has 8 nitrogen and oxygen atoms in total. The van der Waals surface area contributed by atoms with Crippen molar-refractivity contribution in [3.8, 4) is 22.8 Å². The average molecular weight is 446 g/mol. The van der Waals surface area contributed by atoms with Gasteiger partial charge in [-0.15, -0.1) is 0 Å². The van der Waals surface area contributed by atoms with E-state index in [1.54, 1.807) is 12.1 Å². The fraction of sp³-hybridized carbons (Fsp3) is 0.0833. The van der Waals surface area contributed by atoms with Gasteiger partial charge >= 0.3 is 0 Å². The van der Waals surface area contributed by atoms with Gasteiger partial charge in [-0.3, -0.25) is 20.0 Å². The Labute approximate surface area is 188 Å². The molecule has 1 aromatic heterocycles. The maximum atomic E-state index is 13.1. The number of H-pyrrole nitrogens is 1. The molecule has 0 fully saturated rings. The van der Waals surface area contributed by atoms with E-state index in [0.29, 0.717) is 17.0 Å². The van der Waals surface area contributed by atoms with Gasteiger partial charge in [0.1, 0.15) is 23.0 Å². The SMILES string of the molecule is Cc1ccc(C)c(Oc2cc(NC(=O)c3cc(-c4ccc(F)cc4)n[nH]3)cc([N+](=O)[O-])c2)c1. The number of nitro groups is 1. The molecule has 0 saturated heterocycles. The minimum atomic E-state index is -0.561. The fourth-order valence-electron chi connectivity index (χ4n) is 3.17. The van der Waals surface area contributed by atoms with Gasteiger partial charge in [-0.25, -0.2) is 4.39 Å². The monoisotopic (exact) mass is 446 g/mol. The first kappa shape index (κ1) is 21.7. The van der Waals surface area contributed by atoms with Crippen molar-refractivity contribution in [3.63, 3.8) is 0 Å². The van der Waals surface area contributed by atoms with Crippen LogP contribution in [-0.2, 0) is 0 Å². The van der Waals surface area contributed by atoms with E-state index in [1.165, 1.54) is 36.4 Å². The molecule has 0 unspecified atom stereocenters. The van der Waals surface area contributed by atoms with Gasteiger partial charge in [-0.2, -0.15) is 5.10 Å². The molecule has 3 aromatic carbocycles. The van der Waals surface area contributed by atoms with E-state index in [9.17, 15) is 19.3 Å². The molecule has 0 bridgehead atoms. The van der Waals surface area contributed by atoms with E-state index < -0.39 is 10.8 Å². The molecule has 166 valence electrons. The Morgan fingerprint density at radius 1 is 1.06 bits per heavy atom. The molecule has 0 saturated carbocycles. The number of ether oxygens (including phenoxy) is 1. The lowest BCUT2D eigenvalue weighted by molar-refractivity contribution is -0.384. The predicted molar refractivity (Wildman–Crippen MR) is 121 cm³/mol. The van der Waals surface area contributed by atoms with Gasteiger partial charge in [-0.1, -0.05) is 12.1 Å². The molecule has 1 amide bonds. The summed E-state index contributed by atoms with van der Waals surface area (Å²) in [6.45, 7) is 3.78. The second-order valence-corrected chi connectivity index (χ2v) is 7.47. The van der Waals surface area contributed by atoms with Crippen LogP contribution in [0.5, 0.6) is 11.5 Å². The number of non-ortho nitro benzene ring substituents is 1. The molecule has 9 heteroatoms. The van der Waals surface area contributed by atoms with Crippen molar-refractivity contribution in [2.75, 3.05) is 5.32 Å². The third-order valence-corrected chi connectivity index (χ3v) is 4.89. The van der Waals surface area contributed by atoms with Crippen LogP contribution >= 0.6 is 0 Å². The molecule has 0 atom stereocenters. The number of nitrogens with zero attached hydrogens (tertiary/aromatic N) is 2. The van der Waals surface area contributed by atoms with Gasteiger partial charge in [0.15, 0.2) is 0 Å². The topological polar surface area (TPSA) is 110 Å². The lowest BCUT2D eigenvalue weighted by Gasteiger charge is -2.11. The summed E-state index contributed by atoms with van der Waals surface area (Å²) < 4.78 is 19.0. The van der Waals surface area contributed by atoms with Crippen LogP contribution in [0.1, 0.15) is 21.6 Å². The zero-order valence-corrected chi connectivity index (χ0v) is 17.8. The van der Waals surface area contributed by atoms with Gasteiger partial charge in [-0.05, 0) is 61.4 Å². The zero-order valence-electron chi connectivity index (χ0n) is 17.8. The second-order valence-electron chi connectivity index (χ2n) is 7.47. The second kappa shape index (κ2) is 8.91. The van der Waals surface area contributed by atoms with Gasteiger partial charge < -0.3 is 10.1 Å². The summed E-state index contributed by atoms with van der Waals surface area (Å²) in [6.07, 6.45) is 0. The number of carbonyl (C=O) groups is 1. The van der Waals surface area contributed by atoms with Crippen molar-refractivity contribution < 1.29 is 18.8 Å². The molecule has 0 aliphatic rings. The first-order valence-electron chi connectivity index (χ1n) is 9.96. The largest absolute Gasteiger partial charge is 0.457 e. The number of nitro benzene ring substituents is 1. The quantitative estimate of drug-likeness (QED) is 0.288. The van der Waals surface area contributed by atoms with Gasteiger partial charge in [0, 0.05) is 17.7 Å². The van der Waals surface area contributed by atoms with Crippen molar-refractivity contribution in [2.24, 2.45) is 0 Å². The summed E-state index contributed by atoms with van der Waals surface area (Å²) in [5, 5.41) is 20.7. The highest BCUT2D eigenvalue weighted by Gasteiger charge is 2.16. The molecule has 1 heterocycles. The number of anilines is 1. The Balaban J connectivity index is 1.58. The Morgan fingerprint density at radius 3 is 2.55 bits per heavy atom. The lowest BCUT2D eigenvalue weighted by atomic mass is 10.1. The molecular formula is C24H19FN4O4. The van der Waals surface area contributed by atoms with Crippen molar-refractivity contribution in [3.05, 3.63) is 99.5 Å². The van der Waals surface area contributed by atoms with E-state index in [1.807, 2.05) is 32.0 Å². The predicted octanol–water partition coefficient (Wildman–Crippen LogP) is 5.79. The minimum absolute atomic E-state index is 0.137. The Hall–Kier alpha value is -4.53. The lowest BCUT2D eigenvalue weighted by Crippen LogP contribution is -2.12. The molecule has 4 aromatic rings.